The Morgan fingerprint density at radius 1 is 1.00 bits per heavy atom. The van der Waals surface area contributed by atoms with E-state index < -0.39 is 34.2 Å². The molecule has 0 saturated carbocycles. The molecule has 1 aliphatic heterocycles. The Morgan fingerprint density at radius 2 is 1.72 bits per heavy atom. The first-order valence-corrected chi connectivity index (χ1v) is 11.4. The van der Waals surface area contributed by atoms with Gasteiger partial charge in [-0.25, -0.2) is 17.6 Å². The summed E-state index contributed by atoms with van der Waals surface area (Å²) < 4.78 is 46.1. The van der Waals surface area contributed by atoms with E-state index in [0.29, 0.717) is 12.1 Å². The normalized spacial score (nSPS) is 15.3. The van der Waals surface area contributed by atoms with Gasteiger partial charge in [0.25, 0.3) is 10.0 Å². The van der Waals surface area contributed by atoms with E-state index >= 15 is 0 Å². The van der Waals surface area contributed by atoms with Gasteiger partial charge in [0.2, 0.25) is 0 Å². The Kier molecular flexibility index (Phi) is 5.80. The fourth-order valence-electron chi connectivity index (χ4n) is 3.73. The monoisotopic (exact) mass is 453 g/mol. The lowest BCUT2D eigenvalue weighted by Gasteiger charge is -2.24. The molecule has 4 rings (SSSR count). The highest BCUT2D eigenvalue weighted by Gasteiger charge is 2.36. The van der Waals surface area contributed by atoms with Crippen molar-refractivity contribution in [2.45, 2.75) is 24.3 Å². The zero-order chi connectivity index (χ0) is 22.9. The molecule has 0 N–H and O–H groups in total. The number of anilines is 1. The molecule has 0 bridgehead atoms. The first-order valence-electron chi connectivity index (χ1n) is 9.95. The Labute approximate surface area is 185 Å². The van der Waals surface area contributed by atoms with E-state index in [1.807, 2.05) is 19.1 Å². The second-order valence-corrected chi connectivity index (χ2v) is 9.33. The van der Waals surface area contributed by atoms with Gasteiger partial charge >= 0.3 is 5.97 Å². The SMILES string of the molecule is CC1Cc2ccccc2N1S(=O)(=O)c1cccc(C(=O)OCC(=O)c2ccc(F)cc2)c1. The van der Waals surface area contributed by atoms with Crippen LogP contribution in [0.25, 0.3) is 0 Å². The van der Waals surface area contributed by atoms with Crippen molar-refractivity contribution >= 4 is 27.5 Å². The summed E-state index contributed by atoms with van der Waals surface area (Å²) in [5.41, 5.74) is 1.78. The minimum atomic E-state index is -3.91. The fourth-order valence-corrected chi connectivity index (χ4v) is 5.47. The van der Waals surface area contributed by atoms with E-state index in [0.717, 1.165) is 17.7 Å². The molecule has 1 atom stereocenters. The predicted molar refractivity (Wildman–Crippen MR) is 117 cm³/mol. The average Bonchev–Trinajstić information content (AvgIpc) is 3.14. The summed E-state index contributed by atoms with van der Waals surface area (Å²) in [5.74, 6) is -1.80. The van der Waals surface area contributed by atoms with E-state index in [4.69, 9.17) is 4.74 Å². The van der Waals surface area contributed by atoms with Gasteiger partial charge in [-0.05, 0) is 67.4 Å². The highest BCUT2D eigenvalue weighted by Crippen LogP contribution is 2.36. The van der Waals surface area contributed by atoms with Gasteiger partial charge in [-0.3, -0.25) is 9.10 Å². The molecule has 3 aromatic rings. The zero-order valence-electron chi connectivity index (χ0n) is 17.2. The maximum Gasteiger partial charge on any atom is 0.338 e. The number of para-hydroxylation sites is 1. The summed E-state index contributed by atoms with van der Waals surface area (Å²) in [5, 5.41) is 0. The molecule has 0 amide bonds. The second-order valence-electron chi connectivity index (χ2n) is 7.52. The van der Waals surface area contributed by atoms with Gasteiger partial charge in [-0.1, -0.05) is 24.3 Å². The average molecular weight is 453 g/mol. The van der Waals surface area contributed by atoms with Gasteiger partial charge in [0.15, 0.2) is 12.4 Å². The molecule has 1 aliphatic rings. The molecule has 8 heteroatoms. The van der Waals surface area contributed by atoms with Crippen LogP contribution in [0.4, 0.5) is 10.1 Å². The van der Waals surface area contributed by atoms with Crippen LogP contribution in [-0.4, -0.2) is 32.8 Å². The van der Waals surface area contributed by atoms with Crippen molar-refractivity contribution in [3.8, 4) is 0 Å². The Balaban J connectivity index is 1.52. The first-order chi connectivity index (χ1) is 15.3. The van der Waals surface area contributed by atoms with Crippen molar-refractivity contribution in [3.05, 3.63) is 95.3 Å². The summed E-state index contributed by atoms with van der Waals surface area (Å²) in [4.78, 5) is 24.6. The van der Waals surface area contributed by atoms with Crippen LogP contribution in [0.1, 0.15) is 33.2 Å². The third-order valence-corrected chi connectivity index (χ3v) is 7.20. The Morgan fingerprint density at radius 3 is 2.47 bits per heavy atom. The van der Waals surface area contributed by atoms with Crippen molar-refractivity contribution in [1.82, 2.24) is 0 Å². The van der Waals surface area contributed by atoms with Crippen LogP contribution < -0.4 is 4.31 Å². The van der Waals surface area contributed by atoms with Crippen molar-refractivity contribution in [3.63, 3.8) is 0 Å². The van der Waals surface area contributed by atoms with Crippen molar-refractivity contribution in [1.29, 1.82) is 0 Å². The second kappa shape index (κ2) is 8.55. The number of hydrogen-bond acceptors (Lipinski definition) is 5. The van der Waals surface area contributed by atoms with Gasteiger partial charge in [0.05, 0.1) is 16.1 Å². The quantitative estimate of drug-likeness (QED) is 0.416. The summed E-state index contributed by atoms with van der Waals surface area (Å²) in [6, 6.07) is 17.5. The lowest BCUT2D eigenvalue weighted by Crippen LogP contribution is -2.35. The van der Waals surface area contributed by atoms with Crippen LogP contribution in [0.3, 0.4) is 0 Å². The first kappa shape index (κ1) is 21.7. The minimum Gasteiger partial charge on any atom is -0.454 e. The van der Waals surface area contributed by atoms with E-state index in [9.17, 15) is 22.4 Å². The Bertz CT molecular complexity index is 1290. The number of sulfonamides is 1. The molecule has 164 valence electrons. The molecule has 1 unspecified atom stereocenters. The van der Waals surface area contributed by atoms with Gasteiger partial charge in [-0.2, -0.15) is 0 Å². The van der Waals surface area contributed by atoms with E-state index in [1.165, 1.54) is 40.7 Å². The summed E-state index contributed by atoms with van der Waals surface area (Å²) in [6.45, 7) is 1.29. The van der Waals surface area contributed by atoms with Gasteiger partial charge in [0, 0.05) is 11.6 Å². The largest absolute Gasteiger partial charge is 0.454 e. The fraction of sp³-hybridized carbons (Fsp3) is 0.167. The number of ether oxygens (including phenoxy) is 1. The van der Waals surface area contributed by atoms with Gasteiger partial charge in [-0.15, -0.1) is 0 Å². The maximum absolute atomic E-state index is 13.4. The smallest absolute Gasteiger partial charge is 0.338 e. The van der Waals surface area contributed by atoms with Crippen molar-refractivity contribution in [2.24, 2.45) is 0 Å². The third kappa shape index (κ3) is 4.13. The van der Waals surface area contributed by atoms with Crippen LogP contribution in [0.15, 0.2) is 77.7 Å². The molecule has 0 radical (unpaired) electrons. The number of ketones is 1. The van der Waals surface area contributed by atoms with E-state index in [-0.39, 0.29) is 22.1 Å². The minimum absolute atomic E-state index is 0.0121. The highest BCUT2D eigenvalue weighted by atomic mass is 32.2. The molecule has 6 nitrogen and oxygen atoms in total. The van der Waals surface area contributed by atoms with Gasteiger partial charge in [0.1, 0.15) is 5.82 Å². The van der Waals surface area contributed by atoms with E-state index in [1.54, 1.807) is 12.1 Å². The summed E-state index contributed by atoms with van der Waals surface area (Å²) >= 11 is 0. The van der Waals surface area contributed by atoms with Crippen LogP contribution in [0.2, 0.25) is 0 Å². The number of nitrogens with zero attached hydrogens (tertiary/aromatic N) is 1. The van der Waals surface area contributed by atoms with Crippen molar-refractivity contribution < 1.29 is 27.1 Å². The third-order valence-electron chi connectivity index (χ3n) is 5.27. The number of carbonyl (C=O) groups excluding carboxylic acids is 2. The number of Topliss-reactive ketones (excluding diaryl/α,β-unsaturated/α-hetero) is 1. The van der Waals surface area contributed by atoms with Crippen LogP contribution >= 0.6 is 0 Å². The number of esters is 1. The number of hydrogen-bond donors (Lipinski definition) is 0. The lowest BCUT2D eigenvalue weighted by atomic mass is 10.1. The topological polar surface area (TPSA) is 80.8 Å². The number of rotatable bonds is 6. The molecule has 3 aromatic carbocycles. The molecule has 0 spiro atoms. The standard InChI is InChI=1S/C24H20FNO5S/c1-16-13-18-5-2-3-8-22(18)26(16)32(29,30)21-7-4-6-19(14-21)24(28)31-15-23(27)17-9-11-20(25)12-10-17/h2-12,14,16H,13,15H2,1H3. The lowest BCUT2D eigenvalue weighted by molar-refractivity contribution is 0.0474. The van der Waals surface area contributed by atoms with Gasteiger partial charge < -0.3 is 4.74 Å². The molecule has 0 fully saturated rings. The number of fused-ring (bicyclic) bond motifs is 1. The van der Waals surface area contributed by atoms with Crippen LogP contribution in [0, 0.1) is 5.82 Å². The molecule has 0 aromatic heterocycles. The summed E-state index contributed by atoms with van der Waals surface area (Å²) in [7, 11) is -3.91. The molecule has 32 heavy (non-hydrogen) atoms. The highest BCUT2D eigenvalue weighted by molar-refractivity contribution is 7.92. The zero-order valence-corrected chi connectivity index (χ0v) is 18.0. The molecular formula is C24H20FNO5S. The number of halogens is 1. The van der Waals surface area contributed by atoms with E-state index in [2.05, 4.69) is 0 Å². The van der Waals surface area contributed by atoms with Crippen molar-refractivity contribution in [2.75, 3.05) is 10.9 Å². The predicted octanol–water partition coefficient (Wildman–Crippen LogP) is 4.01. The summed E-state index contributed by atoms with van der Waals surface area (Å²) in [6.07, 6.45) is 0.600. The Hall–Kier alpha value is -3.52. The van der Waals surface area contributed by atoms with Crippen LogP contribution in [0.5, 0.6) is 0 Å². The molecular weight excluding hydrogens is 433 g/mol. The molecule has 0 saturated heterocycles. The number of carbonyl (C=O) groups is 2. The van der Waals surface area contributed by atoms with Crippen LogP contribution in [-0.2, 0) is 21.2 Å². The maximum atomic E-state index is 13.4. The number of benzene rings is 3. The molecule has 0 aliphatic carbocycles. The molecule has 1 heterocycles.